The van der Waals surface area contributed by atoms with Gasteiger partial charge in [0.15, 0.2) is 0 Å². The quantitative estimate of drug-likeness (QED) is 0.619. The maximum absolute atomic E-state index is 12.3. The Bertz CT molecular complexity index is 884. The summed E-state index contributed by atoms with van der Waals surface area (Å²) in [6.07, 6.45) is 0.481. The lowest BCUT2D eigenvalue weighted by atomic mass is 10.1. The summed E-state index contributed by atoms with van der Waals surface area (Å²) >= 11 is 3.05. The van der Waals surface area contributed by atoms with E-state index < -0.39 is 0 Å². The number of nitrogens with one attached hydrogen (secondary N) is 2. The number of anilines is 2. The molecule has 134 valence electrons. The van der Waals surface area contributed by atoms with Crippen LogP contribution in [0.3, 0.4) is 0 Å². The van der Waals surface area contributed by atoms with Crippen molar-refractivity contribution >= 4 is 45.9 Å². The Morgan fingerprint density at radius 3 is 2.35 bits per heavy atom. The van der Waals surface area contributed by atoms with E-state index in [9.17, 15) is 9.59 Å². The molecule has 0 aliphatic heterocycles. The molecular weight excluding hydrogens is 366 g/mol. The van der Waals surface area contributed by atoms with Crippen LogP contribution in [0.15, 0.2) is 47.2 Å². The zero-order valence-corrected chi connectivity index (χ0v) is 16.1. The van der Waals surface area contributed by atoms with Gasteiger partial charge in [-0.2, -0.15) is 0 Å². The van der Waals surface area contributed by atoms with Gasteiger partial charge in [-0.25, -0.2) is 4.98 Å². The van der Waals surface area contributed by atoms with Crippen LogP contribution < -0.4 is 10.6 Å². The van der Waals surface area contributed by atoms with E-state index in [1.807, 2.05) is 31.4 Å². The average Bonchev–Trinajstić information content (AvgIpc) is 3.27. The second-order valence-corrected chi connectivity index (χ2v) is 8.00. The summed E-state index contributed by atoms with van der Waals surface area (Å²) in [5.74, 6) is 0.0479. The van der Waals surface area contributed by atoms with Crippen molar-refractivity contribution in [3.63, 3.8) is 0 Å². The number of hydrogen-bond donors (Lipinski definition) is 2. The van der Waals surface area contributed by atoms with E-state index in [0.717, 1.165) is 9.88 Å². The van der Waals surface area contributed by atoms with E-state index >= 15 is 0 Å². The molecule has 26 heavy (non-hydrogen) atoms. The van der Waals surface area contributed by atoms with Gasteiger partial charge in [-0.15, -0.1) is 22.7 Å². The van der Waals surface area contributed by atoms with E-state index in [-0.39, 0.29) is 11.8 Å². The molecule has 7 heteroatoms. The zero-order valence-electron chi connectivity index (χ0n) is 14.5. The third-order valence-corrected chi connectivity index (χ3v) is 5.37. The van der Waals surface area contributed by atoms with Crippen molar-refractivity contribution in [2.24, 2.45) is 5.92 Å². The van der Waals surface area contributed by atoms with Gasteiger partial charge in [-0.05, 0) is 41.6 Å². The van der Waals surface area contributed by atoms with Crippen LogP contribution in [0.1, 0.15) is 30.8 Å². The molecule has 0 aliphatic carbocycles. The predicted octanol–water partition coefficient (Wildman–Crippen LogP) is 5.11. The number of carbonyl (C=O) groups excluding carboxylic acids is 2. The Balaban J connectivity index is 1.60. The number of thiophene rings is 1. The fourth-order valence-electron chi connectivity index (χ4n) is 2.31. The van der Waals surface area contributed by atoms with Crippen LogP contribution in [-0.2, 0) is 4.79 Å². The van der Waals surface area contributed by atoms with Gasteiger partial charge in [0.1, 0.15) is 10.7 Å². The smallest absolute Gasteiger partial charge is 0.275 e. The number of thiazole rings is 1. The predicted molar refractivity (Wildman–Crippen MR) is 108 cm³/mol. The lowest BCUT2D eigenvalue weighted by molar-refractivity contribution is -0.116. The molecule has 2 heterocycles. The number of rotatable bonds is 6. The highest BCUT2D eigenvalue weighted by Gasteiger charge is 2.13. The summed E-state index contributed by atoms with van der Waals surface area (Å²) < 4.78 is 0. The molecule has 0 saturated carbocycles. The van der Waals surface area contributed by atoms with Crippen LogP contribution in [0.4, 0.5) is 11.4 Å². The largest absolute Gasteiger partial charge is 0.326 e. The second kappa shape index (κ2) is 8.25. The Morgan fingerprint density at radius 2 is 1.73 bits per heavy atom. The number of carbonyl (C=O) groups is 2. The Kier molecular flexibility index (Phi) is 5.80. The number of benzene rings is 1. The minimum atomic E-state index is -0.249. The Hall–Kier alpha value is -2.51. The minimum absolute atomic E-state index is 0.0136. The van der Waals surface area contributed by atoms with Crippen LogP contribution in [0.25, 0.3) is 9.88 Å². The molecule has 0 atom stereocenters. The molecule has 5 nitrogen and oxygen atoms in total. The first kappa shape index (κ1) is 18.3. The summed E-state index contributed by atoms with van der Waals surface area (Å²) in [6.45, 7) is 4.00. The van der Waals surface area contributed by atoms with Crippen molar-refractivity contribution in [1.29, 1.82) is 0 Å². The summed E-state index contributed by atoms with van der Waals surface area (Å²) in [4.78, 5) is 29.6. The van der Waals surface area contributed by atoms with Gasteiger partial charge in [0.05, 0.1) is 4.88 Å². The van der Waals surface area contributed by atoms with Gasteiger partial charge in [-0.1, -0.05) is 19.9 Å². The van der Waals surface area contributed by atoms with Crippen LogP contribution in [0, 0.1) is 5.92 Å². The number of amides is 2. The maximum Gasteiger partial charge on any atom is 0.275 e. The minimum Gasteiger partial charge on any atom is -0.326 e. The van der Waals surface area contributed by atoms with Gasteiger partial charge < -0.3 is 10.6 Å². The maximum atomic E-state index is 12.3. The topological polar surface area (TPSA) is 71.1 Å². The van der Waals surface area contributed by atoms with E-state index in [1.54, 1.807) is 41.0 Å². The fraction of sp³-hybridized carbons (Fsp3) is 0.211. The lowest BCUT2D eigenvalue weighted by Crippen LogP contribution is -2.14. The van der Waals surface area contributed by atoms with E-state index in [4.69, 9.17) is 0 Å². The van der Waals surface area contributed by atoms with Crippen molar-refractivity contribution in [3.05, 3.63) is 52.9 Å². The van der Waals surface area contributed by atoms with Gasteiger partial charge in [0.2, 0.25) is 5.91 Å². The summed E-state index contributed by atoms with van der Waals surface area (Å²) in [5, 5.41) is 10.2. The van der Waals surface area contributed by atoms with Crippen LogP contribution in [0.2, 0.25) is 0 Å². The number of aromatic nitrogens is 1. The number of hydrogen-bond acceptors (Lipinski definition) is 5. The van der Waals surface area contributed by atoms with Crippen molar-refractivity contribution in [1.82, 2.24) is 4.98 Å². The molecule has 0 saturated heterocycles. The van der Waals surface area contributed by atoms with E-state index in [2.05, 4.69) is 15.6 Å². The summed E-state index contributed by atoms with van der Waals surface area (Å²) in [7, 11) is 0. The lowest BCUT2D eigenvalue weighted by Gasteiger charge is -2.08. The first-order chi connectivity index (χ1) is 12.5. The van der Waals surface area contributed by atoms with Gasteiger partial charge in [0, 0.05) is 23.2 Å². The Morgan fingerprint density at radius 1 is 1.04 bits per heavy atom. The molecule has 0 radical (unpaired) electrons. The highest BCUT2D eigenvalue weighted by Crippen LogP contribution is 2.28. The SMILES string of the molecule is CC(C)CC(=O)Nc1ccc(NC(=O)c2csc(-c3cccs3)n2)cc1. The van der Waals surface area contributed by atoms with Crippen LogP contribution in [-0.4, -0.2) is 16.8 Å². The van der Waals surface area contributed by atoms with Crippen molar-refractivity contribution in [2.75, 3.05) is 10.6 Å². The molecular formula is C19H19N3O2S2. The molecule has 0 fully saturated rings. The first-order valence-electron chi connectivity index (χ1n) is 8.22. The standard InChI is InChI=1S/C19H19N3O2S2/c1-12(2)10-17(23)20-13-5-7-14(8-6-13)21-18(24)15-11-26-19(22-15)16-4-3-9-25-16/h3-9,11-12H,10H2,1-2H3,(H,20,23)(H,21,24). The van der Waals surface area contributed by atoms with Gasteiger partial charge >= 0.3 is 0 Å². The third-order valence-electron chi connectivity index (χ3n) is 3.49. The van der Waals surface area contributed by atoms with E-state index in [0.29, 0.717) is 29.4 Å². The van der Waals surface area contributed by atoms with Gasteiger partial charge in [0.25, 0.3) is 5.91 Å². The normalized spacial score (nSPS) is 10.7. The molecule has 0 bridgehead atoms. The first-order valence-corrected chi connectivity index (χ1v) is 9.98. The highest BCUT2D eigenvalue weighted by atomic mass is 32.1. The van der Waals surface area contributed by atoms with E-state index in [1.165, 1.54) is 11.3 Å². The van der Waals surface area contributed by atoms with Crippen LogP contribution >= 0.6 is 22.7 Å². The number of nitrogens with zero attached hydrogens (tertiary/aromatic N) is 1. The highest BCUT2D eigenvalue weighted by molar-refractivity contribution is 7.20. The summed E-state index contributed by atoms with van der Waals surface area (Å²) in [5.41, 5.74) is 1.76. The van der Waals surface area contributed by atoms with Crippen molar-refractivity contribution < 1.29 is 9.59 Å². The van der Waals surface area contributed by atoms with Crippen LogP contribution in [0.5, 0.6) is 0 Å². The molecule has 3 rings (SSSR count). The van der Waals surface area contributed by atoms with Gasteiger partial charge in [-0.3, -0.25) is 9.59 Å². The molecule has 2 amide bonds. The Labute approximate surface area is 160 Å². The molecule has 0 unspecified atom stereocenters. The fourth-order valence-corrected chi connectivity index (χ4v) is 3.92. The molecule has 0 aliphatic rings. The molecule has 0 spiro atoms. The van der Waals surface area contributed by atoms with Crippen molar-refractivity contribution in [2.45, 2.75) is 20.3 Å². The van der Waals surface area contributed by atoms with Crippen molar-refractivity contribution in [3.8, 4) is 9.88 Å². The monoisotopic (exact) mass is 385 g/mol. The molecule has 1 aromatic carbocycles. The summed E-state index contributed by atoms with van der Waals surface area (Å²) in [6, 6.07) is 11.0. The molecule has 2 aromatic heterocycles. The average molecular weight is 386 g/mol. The third kappa shape index (κ3) is 4.77. The second-order valence-electron chi connectivity index (χ2n) is 6.19. The zero-order chi connectivity index (χ0) is 18.5. The molecule has 3 aromatic rings. The molecule has 2 N–H and O–H groups in total.